The van der Waals surface area contributed by atoms with Crippen molar-refractivity contribution in [3.8, 4) is 0 Å². The molecule has 0 spiro atoms. The third-order valence-electron chi connectivity index (χ3n) is 4.70. The van der Waals surface area contributed by atoms with Gasteiger partial charge in [0.15, 0.2) is 0 Å². The van der Waals surface area contributed by atoms with Gasteiger partial charge in [-0.05, 0) is 24.1 Å². The lowest BCUT2D eigenvalue weighted by Gasteiger charge is -2.28. The number of fused-ring (bicyclic) bond motifs is 2. The maximum atomic E-state index is 12.7. The molecule has 2 aromatic heterocycles. The Balaban J connectivity index is 1.45. The Labute approximate surface area is 151 Å². The average molecular weight is 348 g/mol. The van der Waals surface area contributed by atoms with Crippen LogP contribution in [0.4, 0.5) is 4.79 Å². The Morgan fingerprint density at radius 1 is 1.12 bits per heavy atom. The van der Waals surface area contributed by atoms with Crippen molar-refractivity contribution in [2.45, 2.75) is 19.4 Å². The standard InChI is InChI=1S/C20H20N4O2/c25-19-16-14-23(20(26)21-11-9-15-6-2-1-3-7-15)13-10-17(16)22-18-8-4-5-12-24(18)19/h1-8,12H,9-11,13-14H2,(H,21,26). The van der Waals surface area contributed by atoms with Gasteiger partial charge in [0.25, 0.3) is 5.56 Å². The molecule has 132 valence electrons. The van der Waals surface area contributed by atoms with Crippen LogP contribution in [0.1, 0.15) is 16.8 Å². The van der Waals surface area contributed by atoms with Gasteiger partial charge < -0.3 is 10.2 Å². The van der Waals surface area contributed by atoms with Gasteiger partial charge in [0.2, 0.25) is 0 Å². The number of benzene rings is 1. The molecule has 0 aliphatic carbocycles. The quantitative estimate of drug-likeness (QED) is 0.787. The van der Waals surface area contributed by atoms with Gasteiger partial charge >= 0.3 is 6.03 Å². The second kappa shape index (κ2) is 7.00. The Morgan fingerprint density at radius 2 is 1.92 bits per heavy atom. The van der Waals surface area contributed by atoms with Crippen molar-refractivity contribution >= 4 is 11.7 Å². The maximum Gasteiger partial charge on any atom is 0.317 e. The molecule has 1 aliphatic rings. The second-order valence-corrected chi connectivity index (χ2v) is 6.41. The Kier molecular flexibility index (Phi) is 4.39. The van der Waals surface area contributed by atoms with Crippen molar-refractivity contribution < 1.29 is 4.79 Å². The highest BCUT2D eigenvalue weighted by Gasteiger charge is 2.24. The normalized spacial score (nSPS) is 13.5. The Hall–Kier alpha value is -3.15. The molecule has 4 rings (SSSR count). The van der Waals surface area contributed by atoms with E-state index >= 15 is 0 Å². The summed E-state index contributed by atoms with van der Waals surface area (Å²) in [6, 6.07) is 15.4. The third-order valence-corrected chi connectivity index (χ3v) is 4.70. The zero-order chi connectivity index (χ0) is 17.9. The second-order valence-electron chi connectivity index (χ2n) is 6.41. The summed E-state index contributed by atoms with van der Waals surface area (Å²) in [6.07, 6.45) is 3.09. The van der Waals surface area contributed by atoms with Gasteiger partial charge in [-0.2, -0.15) is 0 Å². The molecule has 1 aromatic carbocycles. The van der Waals surface area contributed by atoms with E-state index in [-0.39, 0.29) is 11.6 Å². The van der Waals surface area contributed by atoms with Crippen molar-refractivity contribution in [3.63, 3.8) is 0 Å². The topological polar surface area (TPSA) is 66.7 Å². The van der Waals surface area contributed by atoms with E-state index in [0.29, 0.717) is 37.3 Å². The summed E-state index contributed by atoms with van der Waals surface area (Å²) in [5, 5.41) is 2.95. The van der Waals surface area contributed by atoms with Crippen molar-refractivity contribution in [1.29, 1.82) is 0 Å². The van der Waals surface area contributed by atoms with Crippen LogP contribution in [-0.4, -0.2) is 33.4 Å². The van der Waals surface area contributed by atoms with Crippen LogP contribution in [0.25, 0.3) is 5.65 Å². The van der Waals surface area contributed by atoms with Gasteiger partial charge in [0.05, 0.1) is 17.8 Å². The fourth-order valence-electron chi connectivity index (χ4n) is 3.29. The number of nitrogens with one attached hydrogen (secondary N) is 1. The van der Waals surface area contributed by atoms with Crippen LogP contribution in [-0.2, 0) is 19.4 Å². The Bertz CT molecular complexity index is 998. The third kappa shape index (κ3) is 3.18. The van der Waals surface area contributed by atoms with Crippen LogP contribution in [0.15, 0.2) is 59.5 Å². The molecule has 26 heavy (non-hydrogen) atoms. The van der Waals surface area contributed by atoms with Gasteiger partial charge in [0.1, 0.15) is 5.65 Å². The van der Waals surface area contributed by atoms with Crippen LogP contribution < -0.4 is 10.9 Å². The lowest BCUT2D eigenvalue weighted by Crippen LogP contribution is -2.45. The summed E-state index contributed by atoms with van der Waals surface area (Å²) in [4.78, 5) is 31.4. The number of aromatic nitrogens is 2. The van der Waals surface area contributed by atoms with Crippen molar-refractivity contribution in [2.75, 3.05) is 13.1 Å². The number of hydrogen-bond donors (Lipinski definition) is 1. The molecule has 6 nitrogen and oxygen atoms in total. The van der Waals surface area contributed by atoms with E-state index in [0.717, 1.165) is 12.1 Å². The number of pyridine rings is 1. The summed E-state index contributed by atoms with van der Waals surface area (Å²) < 4.78 is 1.54. The molecule has 1 N–H and O–H groups in total. The van der Waals surface area contributed by atoms with Gasteiger partial charge in [-0.1, -0.05) is 36.4 Å². The molecule has 3 heterocycles. The minimum atomic E-state index is -0.135. The van der Waals surface area contributed by atoms with Crippen molar-refractivity contribution in [3.05, 3.63) is 81.9 Å². The molecule has 0 atom stereocenters. The predicted molar refractivity (Wildman–Crippen MR) is 99.1 cm³/mol. The fraction of sp³-hybridized carbons (Fsp3) is 0.250. The number of carbonyl (C=O) groups is 1. The van der Waals surface area contributed by atoms with Crippen LogP contribution in [0.5, 0.6) is 0 Å². The van der Waals surface area contributed by atoms with Gasteiger partial charge in [-0.25, -0.2) is 9.78 Å². The average Bonchev–Trinajstić information content (AvgIpc) is 2.69. The van der Waals surface area contributed by atoms with Crippen molar-refractivity contribution in [1.82, 2.24) is 19.6 Å². The zero-order valence-electron chi connectivity index (χ0n) is 14.4. The number of hydrogen-bond acceptors (Lipinski definition) is 3. The van der Waals surface area contributed by atoms with Crippen LogP contribution in [0.3, 0.4) is 0 Å². The number of amides is 2. The molecule has 6 heteroatoms. The maximum absolute atomic E-state index is 12.7. The SMILES string of the molecule is O=C(NCCc1ccccc1)N1CCc2nc3ccccn3c(=O)c2C1. The molecule has 0 radical (unpaired) electrons. The largest absolute Gasteiger partial charge is 0.338 e. The first kappa shape index (κ1) is 16.3. The first-order valence-corrected chi connectivity index (χ1v) is 8.78. The molecule has 3 aromatic rings. The number of urea groups is 1. The highest BCUT2D eigenvalue weighted by atomic mass is 16.2. The number of rotatable bonds is 3. The highest BCUT2D eigenvalue weighted by molar-refractivity contribution is 5.74. The van der Waals surface area contributed by atoms with E-state index in [9.17, 15) is 9.59 Å². The molecule has 0 saturated carbocycles. The van der Waals surface area contributed by atoms with E-state index in [1.807, 2.05) is 42.5 Å². The van der Waals surface area contributed by atoms with E-state index in [4.69, 9.17) is 0 Å². The molecular formula is C20H20N4O2. The van der Waals surface area contributed by atoms with Crippen molar-refractivity contribution in [2.24, 2.45) is 0 Å². The summed E-state index contributed by atoms with van der Waals surface area (Å²) in [5.41, 5.74) is 3.16. The minimum absolute atomic E-state index is 0.0904. The number of nitrogens with zero attached hydrogens (tertiary/aromatic N) is 3. The summed E-state index contributed by atoms with van der Waals surface area (Å²) in [6.45, 7) is 1.44. The van der Waals surface area contributed by atoms with Crippen LogP contribution in [0.2, 0.25) is 0 Å². The monoisotopic (exact) mass is 348 g/mol. The van der Waals surface area contributed by atoms with Crippen LogP contribution >= 0.6 is 0 Å². The smallest absolute Gasteiger partial charge is 0.317 e. The molecule has 0 bridgehead atoms. The lowest BCUT2D eigenvalue weighted by atomic mass is 10.1. The summed E-state index contributed by atoms with van der Waals surface area (Å²) >= 11 is 0. The number of carbonyl (C=O) groups excluding carboxylic acids is 1. The highest BCUT2D eigenvalue weighted by Crippen LogP contribution is 2.15. The van der Waals surface area contributed by atoms with Gasteiger partial charge in [-0.15, -0.1) is 0 Å². The summed E-state index contributed by atoms with van der Waals surface area (Å²) in [7, 11) is 0. The summed E-state index contributed by atoms with van der Waals surface area (Å²) in [5.74, 6) is 0. The molecular weight excluding hydrogens is 328 g/mol. The first-order chi connectivity index (χ1) is 12.7. The molecule has 0 fully saturated rings. The first-order valence-electron chi connectivity index (χ1n) is 8.78. The molecule has 1 aliphatic heterocycles. The Morgan fingerprint density at radius 3 is 2.77 bits per heavy atom. The van der Waals surface area contributed by atoms with E-state index < -0.39 is 0 Å². The predicted octanol–water partition coefficient (Wildman–Crippen LogP) is 2.00. The zero-order valence-corrected chi connectivity index (χ0v) is 14.4. The molecule has 0 saturated heterocycles. The molecule has 0 unspecified atom stereocenters. The molecule has 2 amide bonds. The van der Waals surface area contributed by atoms with Crippen LogP contribution in [0, 0.1) is 0 Å². The fourth-order valence-corrected chi connectivity index (χ4v) is 3.29. The lowest BCUT2D eigenvalue weighted by molar-refractivity contribution is 0.191. The van der Waals surface area contributed by atoms with Gasteiger partial charge in [-0.3, -0.25) is 9.20 Å². The van der Waals surface area contributed by atoms with E-state index in [1.54, 1.807) is 17.2 Å². The van der Waals surface area contributed by atoms with E-state index in [2.05, 4.69) is 10.3 Å². The van der Waals surface area contributed by atoms with Gasteiger partial charge in [0, 0.05) is 25.7 Å². The van der Waals surface area contributed by atoms with E-state index in [1.165, 1.54) is 9.96 Å². The minimum Gasteiger partial charge on any atom is -0.338 e.